The summed E-state index contributed by atoms with van der Waals surface area (Å²) in [6.45, 7) is 3.85. The molecule has 4 nitrogen and oxygen atoms in total. The van der Waals surface area contributed by atoms with Crippen molar-refractivity contribution in [2.75, 3.05) is 18.9 Å². The minimum absolute atomic E-state index is 0.0998. The van der Waals surface area contributed by atoms with Gasteiger partial charge in [0.15, 0.2) is 0 Å². The number of anilines is 1. The molecule has 0 radical (unpaired) electrons. The summed E-state index contributed by atoms with van der Waals surface area (Å²) in [6.07, 6.45) is 1.85. The fourth-order valence-corrected chi connectivity index (χ4v) is 2.86. The van der Waals surface area contributed by atoms with E-state index in [9.17, 15) is 18.4 Å². The van der Waals surface area contributed by atoms with Crippen molar-refractivity contribution in [2.45, 2.75) is 31.6 Å². The third-order valence-electron chi connectivity index (χ3n) is 4.30. The van der Waals surface area contributed by atoms with Gasteiger partial charge in [-0.25, -0.2) is 8.78 Å². The summed E-state index contributed by atoms with van der Waals surface area (Å²) in [5, 5.41) is 2.61. The third-order valence-corrected chi connectivity index (χ3v) is 4.30. The number of hydrogen-bond acceptors (Lipinski definition) is 2. The van der Waals surface area contributed by atoms with Crippen LogP contribution in [0.2, 0.25) is 0 Å². The van der Waals surface area contributed by atoms with Crippen LogP contribution < -0.4 is 5.32 Å². The summed E-state index contributed by atoms with van der Waals surface area (Å²) < 4.78 is 26.4. The predicted molar refractivity (Wildman–Crippen MR) is 89.1 cm³/mol. The highest BCUT2D eigenvalue weighted by molar-refractivity contribution is 5.99. The highest BCUT2D eigenvalue weighted by atomic mass is 19.3. The van der Waals surface area contributed by atoms with Crippen LogP contribution in [0.25, 0.3) is 0 Å². The van der Waals surface area contributed by atoms with E-state index in [1.807, 2.05) is 0 Å². The van der Waals surface area contributed by atoms with E-state index in [1.165, 1.54) is 6.08 Å². The first-order chi connectivity index (χ1) is 11.3. The van der Waals surface area contributed by atoms with Gasteiger partial charge in [0.25, 0.3) is 5.91 Å². The van der Waals surface area contributed by atoms with Crippen LogP contribution in [0.4, 0.5) is 14.5 Å². The summed E-state index contributed by atoms with van der Waals surface area (Å²) in [5.74, 6) is -2.91. The zero-order valence-corrected chi connectivity index (χ0v) is 13.7. The lowest BCUT2D eigenvalue weighted by atomic mass is 9.86. The number of nitrogens with one attached hydrogen (secondary N) is 1. The summed E-state index contributed by atoms with van der Waals surface area (Å²) >= 11 is 0. The minimum atomic E-state index is -2.55. The van der Waals surface area contributed by atoms with Gasteiger partial charge in [0.2, 0.25) is 11.8 Å². The zero-order valence-electron chi connectivity index (χ0n) is 13.7. The first kappa shape index (κ1) is 18.1. The molecule has 0 bridgehead atoms. The monoisotopic (exact) mass is 336 g/mol. The molecule has 6 heteroatoms. The fraction of sp³-hybridized carbons (Fsp3) is 0.444. The van der Waals surface area contributed by atoms with Crippen LogP contribution >= 0.6 is 0 Å². The molecule has 2 rings (SSSR count). The lowest BCUT2D eigenvalue weighted by molar-refractivity contribution is -0.111. The largest absolute Gasteiger partial charge is 0.341 e. The number of carbonyl (C=O) groups excluding carboxylic acids is 2. The molecule has 1 fully saturated rings. The molecule has 1 N–H and O–H groups in total. The number of carbonyl (C=O) groups is 2. The Balaban J connectivity index is 1.91. The molecule has 1 saturated carbocycles. The van der Waals surface area contributed by atoms with Gasteiger partial charge < -0.3 is 10.2 Å². The van der Waals surface area contributed by atoms with Crippen molar-refractivity contribution in [3.63, 3.8) is 0 Å². The molecule has 0 atom stereocenters. The van der Waals surface area contributed by atoms with Crippen LogP contribution in [-0.2, 0) is 4.79 Å². The number of rotatable bonds is 5. The lowest BCUT2D eigenvalue weighted by Gasteiger charge is -2.31. The number of nitrogens with zero attached hydrogens (tertiary/aromatic N) is 1. The van der Waals surface area contributed by atoms with Crippen molar-refractivity contribution in [1.82, 2.24) is 4.90 Å². The molecule has 24 heavy (non-hydrogen) atoms. The molecule has 0 aliphatic heterocycles. The second-order valence-electron chi connectivity index (χ2n) is 6.26. The average molecular weight is 336 g/mol. The maximum atomic E-state index is 13.2. The smallest absolute Gasteiger partial charge is 0.253 e. The van der Waals surface area contributed by atoms with E-state index in [-0.39, 0.29) is 30.6 Å². The molecule has 0 unspecified atom stereocenters. The van der Waals surface area contributed by atoms with Gasteiger partial charge in [-0.3, -0.25) is 9.59 Å². The number of halogens is 2. The quantitative estimate of drug-likeness (QED) is 0.834. The number of hydrogen-bond donors (Lipinski definition) is 1. The molecule has 0 saturated heterocycles. The Morgan fingerprint density at radius 3 is 2.42 bits per heavy atom. The molecule has 1 aliphatic carbocycles. The molecular weight excluding hydrogens is 314 g/mol. The van der Waals surface area contributed by atoms with Gasteiger partial charge in [-0.15, -0.1) is 0 Å². The first-order valence-electron chi connectivity index (χ1n) is 7.97. The molecule has 0 aromatic heterocycles. The molecule has 0 spiro atoms. The van der Waals surface area contributed by atoms with Crippen molar-refractivity contribution in [3.05, 3.63) is 42.5 Å². The Hall–Kier alpha value is -2.24. The van der Waals surface area contributed by atoms with E-state index in [0.717, 1.165) is 0 Å². The van der Waals surface area contributed by atoms with Crippen LogP contribution in [0.3, 0.4) is 0 Å². The van der Waals surface area contributed by atoms with Gasteiger partial charge in [0, 0.05) is 37.7 Å². The fourth-order valence-electron chi connectivity index (χ4n) is 2.86. The van der Waals surface area contributed by atoms with Crippen LogP contribution in [-0.4, -0.2) is 36.2 Å². The van der Waals surface area contributed by atoms with Gasteiger partial charge >= 0.3 is 0 Å². The van der Waals surface area contributed by atoms with Crippen molar-refractivity contribution >= 4 is 17.5 Å². The summed E-state index contributed by atoms with van der Waals surface area (Å²) in [5.41, 5.74) is 1.07. The standard InChI is InChI=1S/C18H22F2N2O2/c1-3-16(23)21-15-6-4-14(5-7-15)17(24)22(2)12-13-8-10-18(19,20)11-9-13/h3-7,13H,1,8-12H2,2H3,(H,21,23). The summed E-state index contributed by atoms with van der Waals surface area (Å²) in [4.78, 5) is 25.2. The van der Waals surface area contributed by atoms with Gasteiger partial charge in [-0.2, -0.15) is 0 Å². The highest BCUT2D eigenvalue weighted by Gasteiger charge is 2.35. The van der Waals surface area contributed by atoms with Crippen molar-refractivity contribution in [3.8, 4) is 0 Å². The predicted octanol–water partition coefficient (Wildman–Crippen LogP) is 3.71. The van der Waals surface area contributed by atoms with E-state index < -0.39 is 5.92 Å². The molecule has 0 heterocycles. The number of amides is 2. The Morgan fingerprint density at radius 1 is 1.29 bits per heavy atom. The van der Waals surface area contributed by atoms with Crippen molar-refractivity contribution in [2.24, 2.45) is 5.92 Å². The van der Waals surface area contributed by atoms with Crippen LogP contribution in [0.5, 0.6) is 0 Å². The highest BCUT2D eigenvalue weighted by Crippen LogP contribution is 2.36. The van der Waals surface area contributed by atoms with Gasteiger partial charge in [-0.1, -0.05) is 6.58 Å². The normalized spacial score (nSPS) is 17.1. The molecule has 1 aromatic rings. The average Bonchev–Trinajstić information content (AvgIpc) is 2.56. The molecule has 1 aromatic carbocycles. The van der Waals surface area contributed by atoms with E-state index in [0.29, 0.717) is 30.6 Å². The van der Waals surface area contributed by atoms with Gasteiger partial charge in [0.1, 0.15) is 0 Å². The Bertz CT molecular complexity index is 604. The van der Waals surface area contributed by atoms with Crippen molar-refractivity contribution in [1.29, 1.82) is 0 Å². The Kier molecular flexibility index (Phi) is 5.70. The van der Waals surface area contributed by atoms with Crippen LogP contribution in [0.15, 0.2) is 36.9 Å². The van der Waals surface area contributed by atoms with Crippen LogP contribution in [0.1, 0.15) is 36.0 Å². The molecule has 130 valence electrons. The van der Waals surface area contributed by atoms with E-state index in [1.54, 1.807) is 36.2 Å². The van der Waals surface area contributed by atoms with Gasteiger partial charge in [0.05, 0.1) is 0 Å². The second kappa shape index (κ2) is 7.55. The Morgan fingerprint density at radius 2 is 1.88 bits per heavy atom. The minimum Gasteiger partial charge on any atom is -0.341 e. The van der Waals surface area contributed by atoms with E-state index in [2.05, 4.69) is 11.9 Å². The van der Waals surface area contributed by atoms with E-state index >= 15 is 0 Å². The maximum absolute atomic E-state index is 13.2. The third kappa shape index (κ3) is 4.88. The molecule has 2 amide bonds. The number of benzene rings is 1. The SMILES string of the molecule is C=CC(=O)Nc1ccc(C(=O)N(C)CC2CCC(F)(F)CC2)cc1. The maximum Gasteiger partial charge on any atom is 0.253 e. The summed E-state index contributed by atoms with van der Waals surface area (Å²) in [6, 6.07) is 6.55. The van der Waals surface area contributed by atoms with Crippen LogP contribution in [0, 0.1) is 5.92 Å². The molecular formula is C18H22F2N2O2. The summed E-state index contributed by atoms with van der Waals surface area (Å²) in [7, 11) is 1.68. The first-order valence-corrected chi connectivity index (χ1v) is 7.97. The second-order valence-corrected chi connectivity index (χ2v) is 6.26. The topological polar surface area (TPSA) is 49.4 Å². The zero-order chi connectivity index (χ0) is 17.7. The number of alkyl halides is 2. The van der Waals surface area contributed by atoms with E-state index in [4.69, 9.17) is 0 Å². The van der Waals surface area contributed by atoms with Crippen molar-refractivity contribution < 1.29 is 18.4 Å². The van der Waals surface area contributed by atoms with Gasteiger partial charge in [-0.05, 0) is 49.1 Å². The lowest BCUT2D eigenvalue weighted by Crippen LogP contribution is -2.35. The molecule has 1 aliphatic rings. The Labute approximate surface area is 140 Å².